The molecule has 1 nitrogen and oxygen atoms in total. The lowest BCUT2D eigenvalue weighted by molar-refractivity contribution is 0.619. The van der Waals surface area contributed by atoms with E-state index in [0.29, 0.717) is 5.56 Å². The summed E-state index contributed by atoms with van der Waals surface area (Å²) < 4.78 is 13.5. The van der Waals surface area contributed by atoms with Gasteiger partial charge in [0, 0.05) is 16.3 Å². The molecule has 90 valence electrons. The first-order chi connectivity index (χ1) is 8.11. The standard InChI is InChI=1S/C14H16FNS/c1-9-4-5-11(7-13(9)15)14-10(2)6-12(17-14)8-16-3/h4-7,16H,8H2,1-3H3. The monoisotopic (exact) mass is 249 g/mol. The average molecular weight is 249 g/mol. The largest absolute Gasteiger partial charge is 0.315 e. The molecule has 0 saturated carbocycles. The fourth-order valence-electron chi connectivity index (χ4n) is 1.83. The van der Waals surface area contributed by atoms with E-state index in [0.717, 1.165) is 17.0 Å². The Bertz CT molecular complexity index is 531. The molecule has 0 amide bonds. The van der Waals surface area contributed by atoms with Gasteiger partial charge in [-0.3, -0.25) is 0 Å². The zero-order valence-electron chi connectivity index (χ0n) is 10.3. The zero-order chi connectivity index (χ0) is 12.4. The predicted molar refractivity (Wildman–Crippen MR) is 72.0 cm³/mol. The van der Waals surface area contributed by atoms with E-state index in [1.807, 2.05) is 19.2 Å². The number of hydrogen-bond acceptors (Lipinski definition) is 2. The molecular formula is C14H16FNS. The summed E-state index contributed by atoms with van der Waals surface area (Å²) in [5.41, 5.74) is 2.87. The molecule has 1 aromatic carbocycles. The Morgan fingerprint density at radius 3 is 2.59 bits per heavy atom. The normalized spacial score (nSPS) is 10.8. The Hall–Kier alpha value is -1.19. The van der Waals surface area contributed by atoms with Gasteiger partial charge in [0.1, 0.15) is 5.82 Å². The van der Waals surface area contributed by atoms with E-state index in [9.17, 15) is 4.39 Å². The smallest absolute Gasteiger partial charge is 0.126 e. The molecule has 1 N–H and O–H groups in total. The van der Waals surface area contributed by atoms with Crippen LogP contribution < -0.4 is 5.32 Å². The Labute approximate surface area is 105 Å². The molecule has 0 saturated heterocycles. The van der Waals surface area contributed by atoms with Crippen LogP contribution in [-0.4, -0.2) is 7.05 Å². The van der Waals surface area contributed by atoms with E-state index in [1.165, 1.54) is 10.4 Å². The topological polar surface area (TPSA) is 12.0 Å². The molecule has 2 aromatic rings. The van der Waals surface area contributed by atoms with E-state index in [1.54, 1.807) is 24.3 Å². The summed E-state index contributed by atoms with van der Waals surface area (Å²) in [7, 11) is 1.93. The summed E-state index contributed by atoms with van der Waals surface area (Å²) in [5.74, 6) is -0.134. The highest BCUT2D eigenvalue weighted by atomic mass is 32.1. The number of halogens is 1. The Morgan fingerprint density at radius 2 is 1.94 bits per heavy atom. The molecule has 0 bridgehead atoms. The van der Waals surface area contributed by atoms with Crippen LogP contribution in [0.5, 0.6) is 0 Å². The highest BCUT2D eigenvalue weighted by Gasteiger charge is 2.09. The van der Waals surface area contributed by atoms with Gasteiger partial charge in [0.05, 0.1) is 0 Å². The lowest BCUT2D eigenvalue weighted by Crippen LogP contribution is -2.02. The maximum absolute atomic E-state index is 13.5. The van der Waals surface area contributed by atoms with Crippen molar-refractivity contribution in [1.82, 2.24) is 5.32 Å². The zero-order valence-corrected chi connectivity index (χ0v) is 11.1. The van der Waals surface area contributed by atoms with Crippen molar-refractivity contribution in [3.05, 3.63) is 46.1 Å². The Balaban J connectivity index is 2.41. The third kappa shape index (κ3) is 2.56. The van der Waals surface area contributed by atoms with Gasteiger partial charge in [0.15, 0.2) is 0 Å². The van der Waals surface area contributed by atoms with Crippen LogP contribution in [0.2, 0.25) is 0 Å². The minimum Gasteiger partial charge on any atom is -0.315 e. The molecule has 0 radical (unpaired) electrons. The Kier molecular flexibility index (Phi) is 3.60. The third-order valence-corrected chi connectivity index (χ3v) is 4.04. The summed E-state index contributed by atoms with van der Waals surface area (Å²) in [4.78, 5) is 2.44. The first-order valence-electron chi connectivity index (χ1n) is 5.62. The van der Waals surface area contributed by atoms with Crippen LogP contribution >= 0.6 is 11.3 Å². The second-order valence-electron chi connectivity index (χ2n) is 4.22. The fraction of sp³-hybridized carbons (Fsp3) is 0.286. The van der Waals surface area contributed by atoms with Crippen molar-refractivity contribution in [2.24, 2.45) is 0 Å². The first-order valence-corrected chi connectivity index (χ1v) is 6.44. The van der Waals surface area contributed by atoms with E-state index in [-0.39, 0.29) is 5.82 Å². The van der Waals surface area contributed by atoms with Gasteiger partial charge in [0.2, 0.25) is 0 Å². The van der Waals surface area contributed by atoms with E-state index in [4.69, 9.17) is 0 Å². The quantitative estimate of drug-likeness (QED) is 0.870. The maximum Gasteiger partial charge on any atom is 0.126 e. The third-order valence-electron chi connectivity index (χ3n) is 2.75. The molecule has 0 aliphatic rings. The van der Waals surface area contributed by atoms with E-state index < -0.39 is 0 Å². The van der Waals surface area contributed by atoms with Crippen LogP contribution in [0, 0.1) is 19.7 Å². The summed E-state index contributed by atoms with van der Waals surface area (Å²) >= 11 is 1.72. The van der Waals surface area contributed by atoms with Gasteiger partial charge in [-0.2, -0.15) is 0 Å². The molecule has 0 fully saturated rings. The lowest BCUT2D eigenvalue weighted by atomic mass is 10.1. The van der Waals surface area contributed by atoms with Crippen LogP contribution in [0.3, 0.4) is 0 Å². The van der Waals surface area contributed by atoms with Gasteiger partial charge in [-0.15, -0.1) is 11.3 Å². The van der Waals surface area contributed by atoms with Crippen molar-refractivity contribution in [2.45, 2.75) is 20.4 Å². The van der Waals surface area contributed by atoms with Crippen molar-refractivity contribution >= 4 is 11.3 Å². The summed E-state index contributed by atoms with van der Waals surface area (Å²) in [5, 5.41) is 3.13. The highest BCUT2D eigenvalue weighted by molar-refractivity contribution is 7.15. The van der Waals surface area contributed by atoms with Crippen LogP contribution in [-0.2, 0) is 6.54 Å². The minimum atomic E-state index is -0.134. The summed E-state index contributed by atoms with van der Waals surface area (Å²) in [6.07, 6.45) is 0. The highest BCUT2D eigenvalue weighted by Crippen LogP contribution is 2.33. The molecule has 17 heavy (non-hydrogen) atoms. The second-order valence-corrected chi connectivity index (χ2v) is 5.36. The molecular weight excluding hydrogens is 233 g/mol. The number of aryl methyl sites for hydroxylation is 2. The van der Waals surface area contributed by atoms with Crippen molar-refractivity contribution in [1.29, 1.82) is 0 Å². The molecule has 1 aromatic heterocycles. The summed E-state index contributed by atoms with van der Waals surface area (Å²) in [6.45, 7) is 4.72. The van der Waals surface area contributed by atoms with Gasteiger partial charge in [-0.1, -0.05) is 12.1 Å². The predicted octanol–water partition coefficient (Wildman–Crippen LogP) is 3.89. The molecule has 0 unspecified atom stereocenters. The van der Waals surface area contributed by atoms with Crippen LogP contribution in [0.4, 0.5) is 4.39 Å². The minimum absolute atomic E-state index is 0.134. The number of benzene rings is 1. The SMILES string of the molecule is CNCc1cc(C)c(-c2ccc(C)c(F)c2)s1. The lowest BCUT2D eigenvalue weighted by Gasteiger charge is -2.02. The van der Waals surface area contributed by atoms with Crippen molar-refractivity contribution < 1.29 is 4.39 Å². The maximum atomic E-state index is 13.5. The average Bonchev–Trinajstić information content (AvgIpc) is 2.64. The number of thiophene rings is 1. The first kappa shape index (κ1) is 12.3. The summed E-state index contributed by atoms with van der Waals surface area (Å²) in [6, 6.07) is 7.60. The molecule has 0 aliphatic carbocycles. The number of nitrogens with one attached hydrogen (secondary N) is 1. The van der Waals surface area contributed by atoms with Gasteiger partial charge in [0.25, 0.3) is 0 Å². The number of hydrogen-bond donors (Lipinski definition) is 1. The van der Waals surface area contributed by atoms with Gasteiger partial charge >= 0.3 is 0 Å². The number of rotatable bonds is 3. The van der Waals surface area contributed by atoms with Crippen molar-refractivity contribution in [3.8, 4) is 10.4 Å². The van der Waals surface area contributed by atoms with Gasteiger partial charge in [-0.05, 0) is 49.7 Å². The molecule has 0 atom stereocenters. The van der Waals surface area contributed by atoms with E-state index in [2.05, 4.69) is 18.3 Å². The molecule has 3 heteroatoms. The molecule has 2 rings (SSSR count). The van der Waals surface area contributed by atoms with Crippen LogP contribution in [0.1, 0.15) is 16.0 Å². The molecule has 0 aliphatic heterocycles. The second kappa shape index (κ2) is 4.98. The molecule has 1 heterocycles. The Morgan fingerprint density at radius 1 is 1.18 bits per heavy atom. The van der Waals surface area contributed by atoms with Gasteiger partial charge in [-0.25, -0.2) is 4.39 Å². The van der Waals surface area contributed by atoms with E-state index >= 15 is 0 Å². The fourth-order valence-corrected chi connectivity index (χ4v) is 3.01. The molecule has 0 spiro atoms. The van der Waals surface area contributed by atoms with Crippen LogP contribution in [0.15, 0.2) is 24.3 Å². The van der Waals surface area contributed by atoms with Gasteiger partial charge < -0.3 is 5.32 Å². The van der Waals surface area contributed by atoms with Crippen molar-refractivity contribution in [2.75, 3.05) is 7.05 Å². The van der Waals surface area contributed by atoms with Crippen LogP contribution in [0.25, 0.3) is 10.4 Å². The van der Waals surface area contributed by atoms with Crippen molar-refractivity contribution in [3.63, 3.8) is 0 Å².